The molecule has 1 aliphatic carbocycles. The summed E-state index contributed by atoms with van der Waals surface area (Å²) < 4.78 is 0. The number of likely N-dealkylation sites (tertiary alicyclic amines) is 1. The van der Waals surface area contributed by atoms with Gasteiger partial charge in [0.2, 0.25) is 0 Å². The third-order valence-electron chi connectivity index (χ3n) is 3.61. The predicted molar refractivity (Wildman–Crippen MR) is 58.0 cm³/mol. The van der Waals surface area contributed by atoms with Crippen molar-refractivity contribution in [2.24, 2.45) is 5.92 Å². The van der Waals surface area contributed by atoms with E-state index in [1.165, 1.54) is 25.8 Å². The molecule has 1 aliphatic heterocycles. The number of hydrogen-bond acceptors (Lipinski definition) is 4. The first-order valence-electron chi connectivity index (χ1n) is 5.62. The minimum Gasteiger partial charge on any atom is -0.382 e. The molecule has 2 N–H and O–H groups in total. The van der Waals surface area contributed by atoms with Crippen LogP contribution < -0.4 is 5.73 Å². The molecule has 1 aromatic rings. The van der Waals surface area contributed by atoms with Crippen molar-refractivity contribution in [3.8, 4) is 0 Å². The van der Waals surface area contributed by atoms with E-state index in [2.05, 4.69) is 14.9 Å². The second-order valence-corrected chi connectivity index (χ2v) is 4.69. The maximum atomic E-state index is 5.51. The van der Waals surface area contributed by atoms with Gasteiger partial charge in [0, 0.05) is 19.1 Å². The van der Waals surface area contributed by atoms with E-state index in [-0.39, 0.29) is 0 Å². The van der Waals surface area contributed by atoms with Gasteiger partial charge in [-0.1, -0.05) is 0 Å². The van der Waals surface area contributed by atoms with E-state index >= 15 is 0 Å². The first kappa shape index (κ1) is 9.09. The van der Waals surface area contributed by atoms with Crippen molar-refractivity contribution in [2.75, 3.05) is 12.3 Å². The fourth-order valence-corrected chi connectivity index (χ4v) is 2.87. The second-order valence-electron chi connectivity index (χ2n) is 4.69. The molecule has 0 amide bonds. The van der Waals surface area contributed by atoms with Crippen LogP contribution in [0.4, 0.5) is 5.82 Å². The van der Waals surface area contributed by atoms with Crippen molar-refractivity contribution >= 4 is 5.82 Å². The molecule has 2 atom stereocenters. The zero-order valence-corrected chi connectivity index (χ0v) is 8.76. The van der Waals surface area contributed by atoms with Gasteiger partial charge in [-0.15, -0.1) is 0 Å². The zero-order valence-electron chi connectivity index (χ0n) is 8.76. The van der Waals surface area contributed by atoms with Crippen LogP contribution in [0, 0.1) is 5.92 Å². The SMILES string of the molecule is Nc1cnc(CN2CC3CCC2C3)cn1. The Balaban J connectivity index is 1.68. The summed E-state index contributed by atoms with van der Waals surface area (Å²) in [5.41, 5.74) is 6.55. The molecule has 2 fully saturated rings. The Morgan fingerprint density at radius 2 is 2.27 bits per heavy atom. The van der Waals surface area contributed by atoms with E-state index in [9.17, 15) is 0 Å². The summed E-state index contributed by atoms with van der Waals surface area (Å²) in [5, 5.41) is 0. The quantitative estimate of drug-likeness (QED) is 0.782. The lowest BCUT2D eigenvalue weighted by molar-refractivity contribution is 0.203. The van der Waals surface area contributed by atoms with Crippen molar-refractivity contribution in [1.82, 2.24) is 14.9 Å². The first-order chi connectivity index (χ1) is 7.31. The van der Waals surface area contributed by atoms with Crippen LogP contribution in [0.5, 0.6) is 0 Å². The van der Waals surface area contributed by atoms with Gasteiger partial charge in [0.05, 0.1) is 18.1 Å². The van der Waals surface area contributed by atoms with Crippen molar-refractivity contribution < 1.29 is 0 Å². The topological polar surface area (TPSA) is 55.0 Å². The van der Waals surface area contributed by atoms with Gasteiger partial charge >= 0.3 is 0 Å². The van der Waals surface area contributed by atoms with Gasteiger partial charge in [-0.05, 0) is 25.2 Å². The number of piperidine rings is 1. The summed E-state index contributed by atoms with van der Waals surface area (Å²) >= 11 is 0. The highest BCUT2D eigenvalue weighted by Crippen LogP contribution is 2.37. The van der Waals surface area contributed by atoms with Crippen LogP contribution in [0.1, 0.15) is 25.0 Å². The molecular formula is C11H16N4. The Morgan fingerprint density at radius 1 is 1.33 bits per heavy atom. The minimum atomic E-state index is 0.502. The maximum Gasteiger partial charge on any atom is 0.141 e. The molecule has 0 aromatic carbocycles. The minimum absolute atomic E-state index is 0.502. The van der Waals surface area contributed by atoms with Gasteiger partial charge in [0.1, 0.15) is 5.82 Å². The smallest absolute Gasteiger partial charge is 0.141 e. The summed E-state index contributed by atoms with van der Waals surface area (Å²) in [6.45, 7) is 2.19. The van der Waals surface area contributed by atoms with Crippen LogP contribution >= 0.6 is 0 Å². The molecule has 2 aliphatic rings. The summed E-state index contributed by atoms with van der Waals surface area (Å²) in [7, 11) is 0. The van der Waals surface area contributed by atoms with E-state index in [1.807, 2.05) is 0 Å². The molecule has 15 heavy (non-hydrogen) atoms. The highest BCUT2D eigenvalue weighted by molar-refractivity contribution is 5.22. The molecule has 4 nitrogen and oxygen atoms in total. The van der Waals surface area contributed by atoms with Crippen molar-refractivity contribution in [3.63, 3.8) is 0 Å². The number of fused-ring (bicyclic) bond motifs is 2. The highest BCUT2D eigenvalue weighted by Gasteiger charge is 2.37. The number of anilines is 1. The third kappa shape index (κ3) is 1.69. The van der Waals surface area contributed by atoms with E-state index < -0.39 is 0 Å². The average molecular weight is 204 g/mol. The zero-order chi connectivity index (χ0) is 10.3. The summed E-state index contributed by atoms with van der Waals surface area (Å²) in [6, 6.07) is 0.800. The second kappa shape index (κ2) is 3.45. The van der Waals surface area contributed by atoms with Gasteiger partial charge in [-0.3, -0.25) is 9.88 Å². The van der Waals surface area contributed by atoms with E-state index in [1.54, 1.807) is 12.4 Å². The molecule has 1 saturated heterocycles. The number of nitrogens with zero attached hydrogens (tertiary/aromatic N) is 3. The number of aromatic nitrogens is 2. The van der Waals surface area contributed by atoms with Crippen molar-refractivity contribution in [2.45, 2.75) is 31.8 Å². The van der Waals surface area contributed by atoms with Gasteiger partial charge in [-0.2, -0.15) is 0 Å². The van der Waals surface area contributed by atoms with Gasteiger partial charge in [0.25, 0.3) is 0 Å². The molecule has 0 radical (unpaired) electrons. The van der Waals surface area contributed by atoms with Gasteiger partial charge < -0.3 is 5.73 Å². The molecule has 4 heteroatoms. The molecule has 80 valence electrons. The lowest BCUT2D eigenvalue weighted by Gasteiger charge is -2.25. The van der Waals surface area contributed by atoms with Gasteiger partial charge in [-0.25, -0.2) is 4.98 Å². The lowest BCUT2D eigenvalue weighted by atomic mass is 10.1. The Kier molecular flexibility index (Phi) is 2.09. The molecular weight excluding hydrogens is 188 g/mol. The standard InChI is InChI=1S/C11H16N4/c12-11-5-13-9(4-14-11)7-15-6-8-1-2-10(15)3-8/h4-5,8,10H,1-3,6-7H2,(H2,12,14). The van der Waals surface area contributed by atoms with Crippen LogP contribution in [-0.2, 0) is 6.54 Å². The normalized spacial score (nSPS) is 29.9. The van der Waals surface area contributed by atoms with Crippen LogP contribution in [0.15, 0.2) is 12.4 Å². The third-order valence-corrected chi connectivity index (χ3v) is 3.61. The maximum absolute atomic E-state index is 5.51. The Hall–Kier alpha value is -1.16. The molecule has 0 spiro atoms. The van der Waals surface area contributed by atoms with Crippen LogP contribution in [0.2, 0.25) is 0 Å². The Morgan fingerprint density at radius 3 is 2.87 bits per heavy atom. The van der Waals surface area contributed by atoms with Crippen molar-refractivity contribution in [1.29, 1.82) is 0 Å². The largest absolute Gasteiger partial charge is 0.382 e. The van der Waals surface area contributed by atoms with E-state index in [4.69, 9.17) is 5.73 Å². The fraction of sp³-hybridized carbons (Fsp3) is 0.636. The molecule has 2 unspecified atom stereocenters. The Bertz CT molecular complexity index is 348. The summed E-state index contributed by atoms with van der Waals surface area (Å²) in [5.74, 6) is 1.44. The first-order valence-corrected chi connectivity index (χ1v) is 5.62. The van der Waals surface area contributed by atoms with E-state index in [0.29, 0.717) is 5.82 Å². The molecule has 1 saturated carbocycles. The number of nitrogens with two attached hydrogens (primary N) is 1. The average Bonchev–Trinajstić information content (AvgIpc) is 2.83. The van der Waals surface area contributed by atoms with E-state index in [0.717, 1.165) is 24.2 Å². The molecule has 3 rings (SSSR count). The summed E-state index contributed by atoms with van der Waals surface area (Å²) in [4.78, 5) is 10.9. The molecule has 2 bridgehead atoms. The number of hydrogen-bond donors (Lipinski definition) is 1. The number of rotatable bonds is 2. The van der Waals surface area contributed by atoms with Crippen LogP contribution in [-0.4, -0.2) is 27.5 Å². The van der Waals surface area contributed by atoms with Crippen LogP contribution in [0.25, 0.3) is 0 Å². The fourth-order valence-electron chi connectivity index (χ4n) is 2.87. The van der Waals surface area contributed by atoms with Crippen molar-refractivity contribution in [3.05, 3.63) is 18.1 Å². The molecule has 2 heterocycles. The summed E-state index contributed by atoms with van der Waals surface area (Å²) in [6.07, 6.45) is 7.62. The number of nitrogen functional groups attached to an aromatic ring is 1. The Labute approximate surface area is 89.5 Å². The van der Waals surface area contributed by atoms with Gasteiger partial charge in [0.15, 0.2) is 0 Å². The lowest BCUT2D eigenvalue weighted by Crippen LogP contribution is -2.31. The van der Waals surface area contributed by atoms with Crippen LogP contribution in [0.3, 0.4) is 0 Å². The molecule has 1 aromatic heterocycles. The monoisotopic (exact) mass is 204 g/mol. The predicted octanol–water partition coefficient (Wildman–Crippen LogP) is 1.04. The highest BCUT2D eigenvalue weighted by atomic mass is 15.2.